The normalized spacial score (nSPS) is 46.0. The van der Waals surface area contributed by atoms with E-state index in [-0.39, 0.29) is 17.5 Å². The van der Waals surface area contributed by atoms with Gasteiger partial charge in [0.05, 0.1) is 5.71 Å². The summed E-state index contributed by atoms with van der Waals surface area (Å²) in [5.41, 5.74) is -0.654. The van der Waals surface area contributed by atoms with Crippen LogP contribution >= 0.6 is 0 Å². The van der Waals surface area contributed by atoms with Crippen molar-refractivity contribution in [3.05, 3.63) is 0 Å². The van der Waals surface area contributed by atoms with Crippen LogP contribution in [0.25, 0.3) is 0 Å². The van der Waals surface area contributed by atoms with E-state index in [0.29, 0.717) is 41.7 Å². The van der Waals surface area contributed by atoms with Gasteiger partial charge < -0.3 is 15.1 Å². The second-order valence-electron chi connectivity index (χ2n) is 13.4. The second kappa shape index (κ2) is 9.41. The highest BCUT2D eigenvalue weighted by atomic mass is 16.5. The molecule has 4 fully saturated rings. The maximum Gasteiger partial charge on any atom is 0.302 e. The summed E-state index contributed by atoms with van der Waals surface area (Å²) in [6.45, 7) is 13.3. The number of aliphatic hydroxyl groups is 1. The van der Waals surface area contributed by atoms with Gasteiger partial charge in [-0.15, -0.1) is 0 Å². The van der Waals surface area contributed by atoms with Gasteiger partial charge in [0.15, 0.2) is 0 Å². The quantitative estimate of drug-likeness (QED) is 0.258. The molecule has 34 heavy (non-hydrogen) atoms. The predicted molar refractivity (Wildman–Crippen MR) is 135 cm³/mol. The number of esters is 1. The number of carbonyl (C=O) groups excluding carboxylic acids is 1. The zero-order valence-corrected chi connectivity index (χ0v) is 22.5. The summed E-state index contributed by atoms with van der Waals surface area (Å²) in [4.78, 5) is 11.6. The number of carbonyl (C=O) groups is 1. The third-order valence-electron chi connectivity index (χ3n) is 11.3. The van der Waals surface area contributed by atoms with E-state index in [2.05, 4.69) is 39.8 Å². The maximum absolute atomic E-state index is 12.0. The molecule has 4 saturated carbocycles. The SMILES string of the molecule is CC(=O)O[C@H]1CC[C@]2(C)[C@H]3CC[C@]4(C)[C@@H]([C@H](C)CCCC(C)C)CC[C@H]4[C@@H]3C/C(=N/O)[C@@]2(O)C1. The summed E-state index contributed by atoms with van der Waals surface area (Å²) >= 11 is 0. The van der Waals surface area contributed by atoms with E-state index < -0.39 is 5.60 Å². The maximum atomic E-state index is 12.0. The Kier molecular flexibility index (Phi) is 7.19. The Morgan fingerprint density at radius 2 is 1.82 bits per heavy atom. The molecule has 0 bridgehead atoms. The monoisotopic (exact) mass is 475 g/mol. The number of ether oxygens (including phenoxy) is 1. The highest BCUT2D eigenvalue weighted by Gasteiger charge is 2.67. The lowest BCUT2D eigenvalue weighted by Crippen LogP contribution is -2.67. The standard InChI is InChI=1S/C29H49NO4/c1-18(2)8-7-9-19(3)23-10-11-24-22-16-26(30-33)29(32)17-21(34-20(4)31)12-15-28(29,6)25(22)13-14-27(23,24)5/h18-19,21-25,32-33H,7-17H2,1-6H3/b30-26-/t19-,21+,22+,23-,24+,25+,27-,28-,29+/m1/s1. The van der Waals surface area contributed by atoms with Gasteiger partial charge in [0, 0.05) is 18.8 Å². The Bertz CT molecular complexity index is 795. The molecule has 5 nitrogen and oxygen atoms in total. The van der Waals surface area contributed by atoms with E-state index >= 15 is 0 Å². The Morgan fingerprint density at radius 3 is 2.47 bits per heavy atom. The van der Waals surface area contributed by atoms with Crippen LogP contribution in [0.4, 0.5) is 0 Å². The molecule has 5 heteroatoms. The van der Waals surface area contributed by atoms with E-state index in [1.165, 1.54) is 45.4 Å². The van der Waals surface area contributed by atoms with Crippen LogP contribution in [0, 0.1) is 46.3 Å². The lowest BCUT2D eigenvalue weighted by Gasteiger charge is -2.64. The molecule has 0 saturated heterocycles. The number of rotatable bonds is 6. The molecule has 0 unspecified atom stereocenters. The Balaban J connectivity index is 1.56. The zero-order valence-electron chi connectivity index (χ0n) is 22.5. The first kappa shape index (κ1) is 26.0. The predicted octanol–water partition coefficient (Wildman–Crippen LogP) is 6.59. The van der Waals surface area contributed by atoms with E-state index in [1.807, 2.05) is 0 Å². The molecule has 9 atom stereocenters. The minimum absolute atomic E-state index is 0.304. The third-order valence-corrected chi connectivity index (χ3v) is 11.3. The lowest BCUT2D eigenvalue weighted by molar-refractivity contribution is -0.183. The number of oxime groups is 1. The van der Waals surface area contributed by atoms with Crippen molar-refractivity contribution < 1.29 is 19.8 Å². The average Bonchev–Trinajstić information content (AvgIpc) is 3.11. The van der Waals surface area contributed by atoms with Gasteiger partial charge in [0.1, 0.15) is 11.7 Å². The van der Waals surface area contributed by atoms with Gasteiger partial charge in [-0.05, 0) is 85.9 Å². The molecule has 2 N–H and O–H groups in total. The smallest absolute Gasteiger partial charge is 0.302 e. The molecule has 0 spiro atoms. The molecular formula is C29H49NO4. The summed E-state index contributed by atoms with van der Waals surface area (Å²) in [6, 6.07) is 0. The highest BCUT2D eigenvalue weighted by Crippen LogP contribution is 2.68. The number of hydrogen-bond donors (Lipinski definition) is 2. The average molecular weight is 476 g/mol. The van der Waals surface area contributed by atoms with Crippen LogP contribution in [-0.2, 0) is 9.53 Å². The number of nitrogens with zero attached hydrogens (tertiary/aromatic N) is 1. The molecule has 4 aliphatic carbocycles. The van der Waals surface area contributed by atoms with E-state index in [0.717, 1.165) is 37.0 Å². The van der Waals surface area contributed by atoms with Crippen molar-refractivity contribution in [3.63, 3.8) is 0 Å². The zero-order chi connectivity index (χ0) is 24.9. The first-order valence-corrected chi connectivity index (χ1v) is 14.1. The first-order valence-electron chi connectivity index (χ1n) is 14.1. The van der Waals surface area contributed by atoms with Gasteiger partial charge >= 0.3 is 5.97 Å². The van der Waals surface area contributed by atoms with Gasteiger partial charge in [0.25, 0.3) is 0 Å². The summed E-state index contributed by atoms with van der Waals surface area (Å²) in [6.07, 6.45) is 11.2. The Labute approximate surface area is 207 Å². The van der Waals surface area contributed by atoms with Gasteiger partial charge in [-0.1, -0.05) is 59.0 Å². The number of hydrogen-bond acceptors (Lipinski definition) is 5. The number of fused-ring (bicyclic) bond motifs is 5. The van der Waals surface area contributed by atoms with Crippen LogP contribution in [0.15, 0.2) is 5.16 Å². The Hall–Kier alpha value is -1.10. The fourth-order valence-electron chi connectivity index (χ4n) is 9.51. The first-order chi connectivity index (χ1) is 16.0. The summed E-state index contributed by atoms with van der Waals surface area (Å²) in [7, 11) is 0. The van der Waals surface area contributed by atoms with E-state index in [4.69, 9.17) is 4.74 Å². The van der Waals surface area contributed by atoms with Gasteiger partial charge in [-0.25, -0.2) is 0 Å². The molecule has 0 aliphatic heterocycles. The summed E-state index contributed by atoms with van der Waals surface area (Å²) in [5.74, 6) is 3.53. The topological polar surface area (TPSA) is 79.1 Å². The van der Waals surface area contributed by atoms with Crippen LogP contribution < -0.4 is 0 Å². The molecule has 0 heterocycles. The fourth-order valence-corrected chi connectivity index (χ4v) is 9.51. The van der Waals surface area contributed by atoms with Crippen LogP contribution in [-0.4, -0.2) is 33.7 Å². The van der Waals surface area contributed by atoms with Gasteiger partial charge in [-0.2, -0.15) is 0 Å². The molecule has 0 amide bonds. The summed E-state index contributed by atoms with van der Waals surface area (Å²) in [5, 5.41) is 25.8. The van der Waals surface area contributed by atoms with Crippen molar-refractivity contribution in [2.24, 2.45) is 51.5 Å². The van der Waals surface area contributed by atoms with Crippen molar-refractivity contribution in [3.8, 4) is 0 Å². The molecule has 4 rings (SSSR count). The van der Waals surface area contributed by atoms with Gasteiger partial charge in [0.2, 0.25) is 0 Å². The molecule has 0 aromatic heterocycles. The van der Waals surface area contributed by atoms with Crippen LogP contribution in [0.1, 0.15) is 112 Å². The molecule has 4 aliphatic rings. The molecule has 0 aromatic rings. The molecule has 0 aromatic carbocycles. The summed E-state index contributed by atoms with van der Waals surface area (Å²) < 4.78 is 5.52. The van der Waals surface area contributed by atoms with Crippen molar-refractivity contribution in [2.75, 3.05) is 0 Å². The van der Waals surface area contributed by atoms with Crippen molar-refractivity contribution in [1.82, 2.24) is 0 Å². The minimum atomic E-state index is -1.20. The minimum Gasteiger partial charge on any atom is -0.462 e. The van der Waals surface area contributed by atoms with Crippen molar-refractivity contribution >= 4 is 11.7 Å². The lowest BCUT2D eigenvalue weighted by atomic mass is 9.42. The third kappa shape index (κ3) is 4.12. The molecule has 194 valence electrons. The fraction of sp³-hybridized carbons (Fsp3) is 0.931. The Morgan fingerprint density at radius 1 is 1.09 bits per heavy atom. The van der Waals surface area contributed by atoms with E-state index in [1.54, 1.807) is 0 Å². The van der Waals surface area contributed by atoms with Crippen LogP contribution in [0.2, 0.25) is 0 Å². The largest absolute Gasteiger partial charge is 0.462 e. The van der Waals surface area contributed by atoms with Crippen molar-refractivity contribution in [2.45, 2.75) is 124 Å². The molecular weight excluding hydrogens is 426 g/mol. The van der Waals surface area contributed by atoms with Crippen LogP contribution in [0.3, 0.4) is 0 Å². The second-order valence-corrected chi connectivity index (χ2v) is 13.4. The van der Waals surface area contributed by atoms with Crippen LogP contribution in [0.5, 0.6) is 0 Å². The van der Waals surface area contributed by atoms with Gasteiger partial charge in [-0.3, -0.25) is 4.79 Å². The highest BCUT2D eigenvalue weighted by molar-refractivity contribution is 5.94. The van der Waals surface area contributed by atoms with E-state index in [9.17, 15) is 15.1 Å². The molecule has 0 radical (unpaired) electrons. The van der Waals surface area contributed by atoms with Crippen molar-refractivity contribution in [1.29, 1.82) is 0 Å².